The van der Waals surface area contributed by atoms with Gasteiger partial charge in [0, 0.05) is 18.2 Å². The third kappa shape index (κ3) is 2.47. The molecule has 3 nitrogen and oxygen atoms in total. The summed E-state index contributed by atoms with van der Waals surface area (Å²) in [6.45, 7) is 2.95. The van der Waals surface area contributed by atoms with Gasteiger partial charge in [0.1, 0.15) is 0 Å². The molecule has 1 fully saturated rings. The number of amides is 1. The Bertz CT molecular complexity index is 444. The fraction of sp³-hybridized carbons (Fsp3) is 0.429. The number of likely N-dealkylation sites (tertiary alicyclic amines) is 1. The van der Waals surface area contributed by atoms with Crippen molar-refractivity contribution < 1.29 is 4.79 Å². The van der Waals surface area contributed by atoms with Crippen molar-refractivity contribution in [2.24, 2.45) is 0 Å². The third-order valence-corrected chi connectivity index (χ3v) is 3.32. The van der Waals surface area contributed by atoms with E-state index in [1.54, 1.807) is 24.3 Å². The second-order valence-corrected chi connectivity index (χ2v) is 4.53. The van der Waals surface area contributed by atoms with Gasteiger partial charge >= 0.3 is 0 Å². The van der Waals surface area contributed by atoms with E-state index in [0.29, 0.717) is 17.2 Å². The summed E-state index contributed by atoms with van der Waals surface area (Å²) >= 11 is 0. The van der Waals surface area contributed by atoms with Crippen LogP contribution in [0, 0.1) is 11.3 Å². The van der Waals surface area contributed by atoms with Crippen LogP contribution in [-0.4, -0.2) is 23.4 Å². The van der Waals surface area contributed by atoms with E-state index >= 15 is 0 Å². The van der Waals surface area contributed by atoms with E-state index < -0.39 is 0 Å². The maximum atomic E-state index is 12.3. The number of hydrogen-bond donors (Lipinski definition) is 0. The van der Waals surface area contributed by atoms with Crippen LogP contribution in [0.5, 0.6) is 0 Å². The monoisotopic (exact) mass is 228 g/mol. The highest BCUT2D eigenvalue weighted by atomic mass is 16.2. The Kier molecular flexibility index (Phi) is 3.43. The standard InChI is InChI=1S/C14H16N2O/c1-11-4-2-3-9-16(11)14(17)13-7-5-12(10-15)6-8-13/h5-8,11H,2-4,9H2,1H3/t11-/m1/s1. The normalized spacial score (nSPS) is 19.8. The van der Waals surface area contributed by atoms with E-state index in [9.17, 15) is 4.79 Å². The Labute approximate surface area is 102 Å². The number of carbonyl (C=O) groups is 1. The Hall–Kier alpha value is -1.82. The molecule has 0 aliphatic carbocycles. The molecular formula is C14H16N2O. The second kappa shape index (κ2) is 5.01. The molecular weight excluding hydrogens is 212 g/mol. The van der Waals surface area contributed by atoms with Gasteiger partial charge in [0.25, 0.3) is 5.91 Å². The first-order valence-electron chi connectivity index (χ1n) is 6.03. The lowest BCUT2D eigenvalue weighted by atomic mass is 10.0. The molecule has 1 aliphatic heterocycles. The van der Waals surface area contributed by atoms with Crippen LogP contribution in [0.2, 0.25) is 0 Å². The second-order valence-electron chi connectivity index (χ2n) is 4.53. The summed E-state index contributed by atoms with van der Waals surface area (Å²) in [5, 5.41) is 8.71. The molecule has 0 bridgehead atoms. The van der Waals surface area contributed by atoms with Crippen molar-refractivity contribution in [2.45, 2.75) is 32.2 Å². The molecule has 17 heavy (non-hydrogen) atoms. The lowest BCUT2D eigenvalue weighted by Gasteiger charge is -2.33. The van der Waals surface area contributed by atoms with Gasteiger partial charge in [0.05, 0.1) is 11.6 Å². The average molecular weight is 228 g/mol. The molecule has 0 radical (unpaired) electrons. The molecule has 0 saturated carbocycles. The number of nitrogens with zero attached hydrogens (tertiary/aromatic N) is 2. The number of piperidine rings is 1. The van der Waals surface area contributed by atoms with Crippen LogP contribution in [0.25, 0.3) is 0 Å². The van der Waals surface area contributed by atoms with Crippen molar-refractivity contribution in [3.8, 4) is 6.07 Å². The summed E-state index contributed by atoms with van der Waals surface area (Å²) in [7, 11) is 0. The Morgan fingerprint density at radius 2 is 2.06 bits per heavy atom. The predicted octanol–water partition coefficient (Wildman–Crippen LogP) is 2.57. The van der Waals surface area contributed by atoms with Gasteiger partial charge in [-0.2, -0.15) is 5.26 Å². The van der Waals surface area contributed by atoms with Gasteiger partial charge < -0.3 is 4.90 Å². The zero-order valence-electron chi connectivity index (χ0n) is 10.0. The summed E-state index contributed by atoms with van der Waals surface area (Å²) in [5.41, 5.74) is 1.27. The highest BCUT2D eigenvalue weighted by Gasteiger charge is 2.23. The van der Waals surface area contributed by atoms with Crippen molar-refractivity contribution >= 4 is 5.91 Å². The van der Waals surface area contributed by atoms with Gasteiger partial charge in [0.15, 0.2) is 0 Å². The highest BCUT2D eigenvalue weighted by Crippen LogP contribution is 2.19. The average Bonchev–Trinajstić information content (AvgIpc) is 2.39. The molecule has 1 aromatic rings. The Balaban J connectivity index is 2.15. The molecule has 3 heteroatoms. The first-order chi connectivity index (χ1) is 8.22. The molecule has 0 spiro atoms. The van der Waals surface area contributed by atoms with Gasteiger partial charge in [-0.05, 0) is 50.5 Å². The van der Waals surface area contributed by atoms with E-state index in [4.69, 9.17) is 5.26 Å². The summed E-state index contributed by atoms with van der Waals surface area (Å²) in [6.07, 6.45) is 3.38. The van der Waals surface area contributed by atoms with Gasteiger partial charge in [-0.25, -0.2) is 0 Å². The van der Waals surface area contributed by atoms with Crippen molar-refractivity contribution in [2.75, 3.05) is 6.54 Å². The quantitative estimate of drug-likeness (QED) is 0.741. The predicted molar refractivity (Wildman–Crippen MR) is 65.5 cm³/mol. The van der Waals surface area contributed by atoms with Crippen LogP contribution < -0.4 is 0 Å². The minimum Gasteiger partial charge on any atom is -0.336 e. The van der Waals surface area contributed by atoms with E-state index in [1.807, 2.05) is 4.90 Å². The van der Waals surface area contributed by atoms with Crippen LogP contribution >= 0.6 is 0 Å². The number of carbonyl (C=O) groups excluding carboxylic acids is 1. The maximum absolute atomic E-state index is 12.3. The summed E-state index contributed by atoms with van der Waals surface area (Å²) < 4.78 is 0. The van der Waals surface area contributed by atoms with Crippen molar-refractivity contribution in [1.82, 2.24) is 4.90 Å². The molecule has 1 heterocycles. The summed E-state index contributed by atoms with van der Waals surface area (Å²) in [6, 6.07) is 9.25. The molecule has 1 saturated heterocycles. The smallest absolute Gasteiger partial charge is 0.254 e. The lowest BCUT2D eigenvalue weighted by Crippen LogP contribution is -2.41. The zero-order valence-corrected chi connectivity index (χ0v) is 10.0. The highest BCUT2D eigenvalue weighted by molar-refractivity contribution is 5.94. The van der Waals surface area contributed by atoms with Crippen LogP contribution in [0.15, 0.2) is 24.3 Å². The van der Waals surface area contributed by atoms with Crippen LogP contribution in [0.3, 0.4) is 0 Å². The van der Waals surface area contributed by atoms with E-state index in [1.165, 1.54) is 6.42 Å². The molecule has 1 aromatic carbocycles. The molecule has 2 rings (SSSR count). The maximum Gasteiger partial charge on any atom is 0.254 e. The fourth-order valence-electron chi connectivity index (χ4n) is 2.25. The van der Waals surface area contributed by atoms with E-state index in [2.05, 4.69) is 13.0 Å². The minimum atomic E-state index is 0.0849. The Morgan fingerprint density at radius 1 is 1.35 bits per heavy atom. The van der Waals surface area contributed by atoms with Gasteiger partial charge in [-0.1, -0.05) is 0 Å². The van der Waals surface area contributed by atoms with Crippen LogP contribution in [0.1, 0.15) is 42.1 Å². The molecule has 88 valence electrons. The number of nitriles is 1. The Morgan fingerprint density at radius 3 is 2.65 bits per heavy atom. The zero-order chi connectivity index (χ0) is 12.3. The number of hydrogen-bond acceptors (Lipinski definition) is 2. The first kappa shape index (κ1) is 11.7. The number of rotatable bonds is 1. The van der Waals surface area contributed by atoms with Crippen molar-refractivity contribution in [3.05, 3.63) is 35.4 Å². The summed E-state index contributed by atoms with van der Waals surface area (Å²) in [4.78, 5) is 14.2. The molecule has 0 aromatic heterocycles. The van der Waals surface area contributed by atoms with Crippen molar-refractivity contribution in [1.29, 1.82) is 5.26 Å². The molecule has 1 amide bonds. The molecule has 0 unspecified atom stereocenters. The fourth-order valence-corrected chi connectivity index (χ4v) is 2.25. The van der Waals surface area contributed by atoms with Crippen LogP contribution in [-0.2, 0) is 0 Å². The van der Waals surface area contributed by atoms with Gasteiger partial charge in [-0.15, -0.1) is 0 Å². The summed E-state index contributed by atoms with van der Waals surface area (Å²) in [5.74, 6) is 0.0849. The molecule has 1 atom stereocenters. The van der Waals surface area contributed by atoms with Gasteiger partial charge in [0.2, 0.25) is 0 Å². The van der Waals surface area contributed by atoms with E-state index in [0.717, 1.165) is 19.4 Å². The van der Waals surface area contributed by atoms with Gasteiger partial charge in [-0.3, -0.25) is 4.79 Å². The molecule has 1 aliphatic rings. The minimum absolute atomic E-state index is 0.0849. The van der Waals surface area contributed by atoms with E-state index in [-0.39, 0.29) is 5.91 Å². The SMILES string of the molecule is C[C@@H]1CCCCN1C(=O)c1ccc(C#N)cc1. The topological polar surface area (TPSA) is 44.1 Å². The first-order valence-corrected chi connectivity index (χ1v) is 6.03. The molecule has 0 N–H and O–H groups in total. The van der Waals surface area contributed by atoms with Crippen LogP contribution in [0.4, 0.5) is 0 Å². The third-order valence-electron chi connectivity index (χ3n) is 3.32. The lowest BCUT2D eigenvalue weighted by molar-refractivity contribution is 0.0635. The largest absolute Gasteiger partial charge is 0.336 e. The number of benzene rings is 1. The van der Waals surface area contributed by atoms with Crippen molar-refractivity contribution in [3.63, 3.8) is 0 Å².